The Morgan fingerprint density at radius 2 is 2.00 bits per heavy atom. The van der Waals surface area contributed by atoms with Crippen LogP contribution >= 0.6 is 11.3 Å². The summed E-state index contributed by atoms with van der Waals surface area (Å²) in [6, 6.07) is 14.4. The number of amides is 1. The molecule has 0 radical (unpaired) electrons. The largest absolute Gasteiger partial charge is 0.484 e. The number of anilines is 1. The maximum absolute atomic E-state index is 12.2. The van der Waals surface area contributed by atoms with Crippen molar-refractivity contribution in [1.82, 2.24) is 4.98 Å². The second-order valence-corrected chi connectivity index (χ2v) is 7.92. The number of nitrogens with one attached hydrogen (secondary N) is 1. The van der Waals surface area contributed by atoms with Crippen LogP contribution in [0.5, 0.6) is 5.75 Å². The van der Waals surface area contributed by atoms with Crippen molar-refractivity contribution in [3.05, 3.63) is 64.5 Å². The third kappa shape index (κ3) is 4.42. The number of carbonyl (C=O) groups excluding carboxylic acids is 1. The standard InChI is InChI=1S/C23H24N2O2S/c1-2-16-6-5-9-20(12-16)27-14-22(26)25-23-24-21(15-28-23)19-11-10-17-7-3-4-8-18(17)13-19/h5-6,9-13,15H,2-4,7-8,14H2,1H3,(H,24,25,26). The average molecular weight is 393 g/mol. The van der Waals surface area contributed by atoms with Crippen LogP contribution in [0.3, 0.4) is 0 Å². The lowest BCUT2D eigenvalue weighted by molar-refractivity contribution is -0.118. The highest BCUT2D eigenvalue weighted by Crippen LogP contribution is 2.29. The number of aryl methyl sites for hydroxylation is 3. The van der Waals surface area contributed by atoms with Gasteiger partial charge in [0.1, 0.15) is 5.75 Å². The minimum Gasteiger partial charge on any atom is -0.484 e. The highest BCUT2D eigenvalue weighted by Gasteiger charge is 2.13. The van der Waals surface area contributed by atoms with Crippen molar-refractivity contribution in [3.63, 3.8) is 0 Å². The van der Waals surface area contributed by atoms with Gasteiger partial charge < -0.3 is 4.74 Å². The molecule has 0 spiro atoms. The second-order valence-electron chi connectivity index (χ2n) is 7.07. The van der Waals surface area contributed by atoms with Crippen molar-refractivity contribution in [3.8, 4) is 17.0 Å². The zero-order valence-electron chi connectivity index (χ0n) is 16.0. The first-order valence-corrected chi connectivity index (χ1v) is 10.7. The van der Waals surface area contributed by atoms with Gasteiger partial charge in [-0.05, 0) is 67.0 Å². The number of fused-ring (bicyclic) bond motifs is 1. The normalized spacial score (nSPS) is 13.0. The fraction of sp³-hybridized carbons (Fsp3) is 0.304. The van der Waals surface area contributed by atoms with Crippen LogP contribution < -0.4 is 10.1 Å². The number of carbonyl (C=O) groups is 1. The van der Waals surface area contributed by atoms with E-state index in [1.807, 2.05) is 29.6 Å². The van der Waals surface area contributed by atoms with E-state index < -0.39 is 0 Å². The Morgan fingerprint density at radius 3 is 2.86 bits per heavy atom. The van der Waals surface area contributed by atoms with Crippen molar-refractivity contribution < 1.29 is 9.53 Å². The molecule has 0 bridgehead atoms. The maximum Gasteiger partial charge on any atom is 0.264 e. The van der Waals surface area contributed by atoms with Crippen LogP contribution in [0.2, 0.25) is 0 Å². The van der Waals surface area contributed by atoms with Crippen LogP contribution in [0.15, 0.2) is 47.8 Å². The van der Waals surface area contributed by atoms with Gasteiger partial charge in [0.05, 0.1) is 5.69 Å². The van der Waals surface area contributed by atoms with E-state index in [2.05, 4.69) is 35.4 Å². The molecule has 1 aliphatic carbocycles. The Morgan fingerprint density at radius 1 is 1.14 bits per heavy atom. The first-order chi connectivity index (χ1) is 13.7. The van der Waals surface area contributed by atoms with Gasteiger partial charge in [0.25, 0.3) is 5.91 Å². The van der Waals surface area contributed by atoms with Gasteiger partial charge in [-0.15, -0.1) is 11.3 Å². The molecule has 2 aromatic carbocycles. The lowest BCUT2D eigenvalue weighted by atomic mass is 9.90. The highest BCUT2D eigenvalue weighted by molar-refractivity contribution is 7.14. The number of benzene rings is 2. The lowest BCUT2D eigenvalue weighted by Crippen LogP contribution is -2.20. The molecule has 144 valence electrons. The summed E-state index contributed by atoms with van der Waals surface area (Å²) in [5, 5.41) is 5.43. The van der Waals surface area contributed by atoms with E-state index in [0.717, 1.165) is 24.1 Å². The van der Waals surface area contributed by atoms with Crippen molar-refractivity contribution in [2.75, 3.05) is 11.9 Å². The molecule has 0 aliphatic heterocycles. The van der Waals surface area contributed by atoms with E-state index in [9.17, 15) is 4.79 Å². The zero-order chi connectivity index (χ0) is 19.3. The van der Waals surface area contributed by atoms with Gasteiger partial charge in [-0.25, -0.2) is 4.98 Å². The van der Waals surface area contributed by atoms with Gasteiger partial charge in [-0.3, -0.25) is 10.1 Å². The van der Waals surface area contributed by atoms with Gasteiger partial charge in [0.15, 0.2) is 11.7 Å². The molecule has 4 rings (SSSR count). The number of hydrogen-bond donors (Lipinski definition) is 1. The first kappa shape index (κ1) is 18.7. The van der Waals surface area contributed by atoms with E-state index in [1.54, 1.807) is 0 Å². The highest BCUT2D eigenvalue weighted by atomic mass is 32.1. The number of rotatable bonds is 6. The molecule has 0 fully saturated rings. The van der Waals surface area contributed by atoms with Crippen LogP contribution in [-0.4, -0.2) is 17.5 Å². The minimum absolute atomic E-state index is 0.0269. The summed E-state index contributed by atoms with van der Waals surface area (Å²) in [5.41, 5.74) is 6.11. The Hall–Kier alpha value is -2.66. The Bertz CT molecular complexity index is 980. The summed E-state index contributed by atoms with van der Waals surface area (Å²) in [6.45, 7) is 2.06. The van der Waals surface area contributed by atoms with E-state index in [1.165, 1.54) is 47.3 Å². The van der Waals surface area contributed by atoms with Crippen LogP contribution in [0.25, 0.3) is 11.3 Å². The van der Waals surface area contributed by atoms with Gasteiger partial charge in [0, 0.05) is 10.9 Å². The van der Waals surface area contributed by atoms with Gasteiger partial charge in [-0.1, -0.05) is 31.2 Å². The lowest BCUT2D eigenvalue weighted by Gasteiger charge is -2.16. The first-order valence-electron chi connectivity index (χ1n) is 9.80. The molecule has 3 aromatic rings. The number of thiazole rings is 1. The van der Waals surface area contributed by atoms with Crippen molar-refractivity contribution in [2.24, 2.45) is 0 Å². The summed E-state index contributed by atoms with van der Waals surface area (Å²) in [5.74, 6) is 0.511. The van der Waals surface area contributed by atoms with Crippen molar-refractivity contribution in [2.45, 2.75) is 39.0 Å². The smallest absolute Gasteiger partial charge is 0.264 e. The molecule has 28 heavy (non-hydrogen) atoms. The predicted molar refractivity (Wildman–Crippen MR) is 114 cm³/mol. The number of nitrogens with zero attached hydrogens (tertiary/aromatic N) is 1. The zero-order valence-corrected chi connectivity index (χ0v) is 16.8. The topological polar surface area (TPSA) is 51.2 Å². The third-order valence-electron chi connectivity index (χ3n) is 5.07. The maximum atomic E-state index is 12.2. The molecule has 1 aliphatic rings. The second kappa shape index (κ2) is 8.57. The summed E-state index contributed by atoms with van der Waals surface area (Å²) in [4.78, 5) is 16.8. The molecule has 0 atom stereocenters. The molecule has 4 nitrogen and oxygen atoms in total. The fourth-order valence-corrected chi connectivity index (χ4v) is 4.25. The molecule has 0 saturated heterocycles. The molecule has 1 aromatic heterocycles. The molecule has 1 N–H and O–H groups in total. The van der Waals surface area contributed by atoms with Crippen LogP contribution in [0.4, 0.5) is 5.13 Å². The van der Waals surface area contributed by atoms with E-state index in [0.29, 0.717) is 10.9 Å². The molecule has 1 heterocycles. The summed E-state index contributed by atoms with van der Waals surface area (Å²) < 4.78 is 5.60. The molecular formula is C23H24N2O2S. The molecule has 0 unspecified atom stereocenters. The number of ether oxygens (including phenoxy) is 1. The summed E-state index contributed by atoms with van der Waals surface area (Å²) in [7, 11) is 0. The Balaban J connectivity index is 1.37. The van der Waals surface area contributed by atoms with Crippen LogP contribution in [-0.2, 0) is 24.1 Å². The molecular weight excluding hydrogens is 368 g/mol. The molecule has 5 heteroatoms. The third-order valence-corrected chi connectivity index (χ3v) is 5.83. The van der Waals surface area contributed by atoms with Crippen LogP contribution in [0, 0.1) is 0 Å². The van der Waals surface area contributed by atoms with Crippen molar-refractivity contribution in [1.29, 1.82) is 0 Å². The van der Waals surface area contributed by atoms with Crippen molar-refractivity contribution >= 4 is 22.4 Å². The Kier molecular flexibility index (Phi) is 5.72. The molecule has 0 saturated carbocycles. The number of aromatic nitrogens is 1. The predicted octanol–water partition coefficient (Wildman–Crippen LogP) is 5.27. The number of hydrogen-bond acceptors (Lipinski definition) is 4. The Labute approximate surface area is 169 Å². The molecule has 1 amide bonds. The van der Waals surface area contributed by atoms with E-state index >= 15 is 0 Å². The summed E-state index contributed by atoms with van der Waals surface area (Å²) in [6.07, 6.45) is 5.80. The summed E-state index contributed by atoms with van der Waals surface area (Å²) >= 11 is 1.44. The SMILES string of the molecule is CCc1cccc(OCC(=O)Nc2nc(-c3ccc4c(c3)CCCC4)cs2)c1. The monoisotopic (exact) mass is 392 g/mol. The quantitative estimate of drug-likeness (QED) is 0.622. The average Bonchev–Trinajstić information content (AvgIpc) is 3.20. The van der Waals surface area contributed by atoms with E-state index in [4.69, 9.17) is 4.74 Å². The minimum atomic E-state index is -0.201. The van der Waals surface area contributed by atoms with Gasteiger partial charge >= 0.3 is 0 Å². The van der Waals surface area contributed by atoms with E-state index in [-0.39, 0.29) is 12.5 Å². The van der Waals surface area contributed by atoms with Gasteiger partial charge in [-0.2, -0.15) is 0 Å². The van der Waals surface area contributed by atoms with Crippen LogP contribution in [0.1, 0.15) is 36.5 Å². The van der Waals surface area contributed by atoms with Gasteiger partial charge in [0.2, 0.25) is 0 Å². The fourth-order valence-electron chi connectivity index (χ4n) is 3.52.